The Balaban J connectivity index is 1.95. The van der Waals surface area contributed by atoms with Gasteiger partial charge in [-0.1, -0.05) is 13.3 Å². The van der Waals surface area contributed by atoms with E-state index in [4.69, 9.17) is 5.73 Å². The fraction of sp³-hybridized carbons (Fsp3) is 0.727. The molecule has 3 nitrogen and oxygen atoms in total. The summed E-state index contributed by atoms with van der Waals surface area (Å²) >= 11 is 0. The van der Waals surface area contributed by atoms with Gasteiger partial charge in [0.2, 0.25) is 0 Å². The predicted octanol–water partition coefficient (Wildman–Crippen LogP) is 2.61. The highest BCUT2D eigenvalue weighted by Crippen LogP contribution is 2.33. The number of nitrogen functional groups attached to an aromatic ring is 1. The summed E-state index contributed by atoms with van der Waals surface area (Å²) in [5.41, 5.74) is 6.44. The standard InChI is InChI=1S/C11H19N3/c1-2-9-3-5-11(6-4-9)14-8-10(12)7-13-14/h7-9,11H,2-6,12H2,1H3. The van der Waals surface area contributed by atoms with Crippen molar-refractivity contribution in [2.75, 3.05) is 5.73 Å². The molecule has 0 aromatic carbocycles. The summed E-state index contributed by atoms with van der Waals surface area (Å²) in [7, 11) is 0. The van der Waals surface area contributed by atoms with E-state index in [1.807, 2.05) is 10.9 Å². The molecule has 0 atom stereocenters. The maximum absolute atomic E-state index is 5.66. The summed E-state index contributed by atoms with van der Waals surface area (Å²) in [5.74, 6) is 0.944. The number of anilines is 1. The highest BCUT2D eigenvalue weighted by molar-refractivity contribution is 5.30. The first-order valence-corrected chi connectivity index (χ1v) is 5.59. The number of hydrogen-bond donors (Lipinski definition) is 1. The lowest BCUT2D eigenvalue weighted by molar-refractivity contribution is 0.256. The minimum atomic E-state index is 0.593. The van der Waals surface area contributed by atoms with Crippen LogP contribution in [0.2, 0.25) is 0 Å². The molecule has 0 bridgehead atoms. The summed E-state index contributed by atoms with van der Waals surface area (Å²) in [4.78, 5) is 0. The average Bonchev–Trinajstić information content (AvgIpc) is 2.65. The number of nitrogens with two attached hydrogens (primary N) is 1. The van der Waals surface area contributed by atoms with Crippen LogP contribution in [0.25, 0.3) is 0 Å². The smallest absolute Gasteiger partial charge is 0.0719 e. The van der Waals surface area contributed by atoms with E-state index in [1.54, 1.807) is 6.20 Å². The Morgan fingerprint density at radius 2 is 2.14 bits per heavy atom. The predicted molar refractivity (Wildman–Crippen MR) is 57.9 cm³/mol. The third-order valence-corrected chi connectivity index (χ3v) is 3.39. The quantitative estimate of drug-likeness (QED) is 0.784. The van der Waals surface area contributed by atoms with E-state index >= 15 is 0 Å². The molecular weight excluding hydrogens is 174 g/mol. The minimum Gasteiger partial charge on any atom is -0.396 e. The van der Waals surface area contributed by atoms with Crippen LogP contribution in [0.4, 0.5) is 5.69 Å². The fourth-order valence-corrected chi connectivity index (χ4v) is 2.37. The summed E-state index contributed by atoms with van der Waals surface area (Å²) in [6, 6.07) is 0.593. The molecule has 0 amide bonds. The van der Waals surface area contributed by atoms with Crippen LogP contribution >= 0.6 is 0 Å². The Bertz CT molecular complexity index is 284. The van der Waals surface area contributed by atoms with Gasteiger partial charge in [0.25, 0.3) is 0 Å². The molecule has 1 fully saturated rings. The molecule has 0 radical (unpaired) electrons. The van der Waals surface area contributed by atoms with E-state index in [0.29, 0.717) is 6.04 Å². The second-order valence-electron chi connectivity index (χ2n) is 4.34. The lowest BCUT2D eigenvalue weighted by Gasteiger charge is -2.27. The number of hydrogen-bond acceptors (Lipinski definition) is 2. The van der Waals surface area contributed by atoms with Crippen molar-refractivity contribution in [1.82, 2.24) is 9.78 Å². The molecule has 1 aliphatic rings. The molecule has 14 heavy (non-hydrogen) atoms. The number of rotatable bonds is 2. The molecule has 78 valence electrons. The van der Waals surface area contributed by atoms with Crippen molar-refractivity contribution in [3.63, 3.8) is 0 Å². The molecular formula is C11H19N3. The van der Waals surface area contributed by atoms with Crippen LogP contribution < -0.4 is 5.73 Å². The first kappa shape index (κ1) is 9.56. The van der Waals surface area contributed by atoms with E-state index < -0.39 is 0 Å². The molecule has 2 rings (SSSR count). The average molecular weight is 193 g/mol. The Kier molecular flexibility index (Phi) is 2.75. The van der Waals surface area contributed by atoms with Gasteiger partial charge in [0.05, 0.1) is 17.9 Å². The molecule has 0 aliphatic heterocycles. The SMILES string of the molecule is CCC1CCC(n2cc(N)cn2)CC1. The van der Waals surface area contributed by atoms with Gasteiger partial charge >= 0.3 is 0 Å². The fourth-order valence-electron chi connectivity index (χ4n) is 2.37. The largest absolute Gasteiger partial charge is 0.396 e. The van der Waals surface area contributed by atoms with Gasteiger partial charge in [-0.05, 0) is 31.6 Å². The van der Waals surface area contributed by atoms with Crippen LogP contribution in [0.5, 0.6) is 0 Å². The molecule has 1 aromatic heterocycles. The maximum Gasteiger partial charge on any atom is 0.0719 e. The molecule has 1 saturated carbocycles. The summed E-state index contributed by atoms with van der Waals surface area (Å²) < 4.78 is 2.04. The zero-order chi connectivity index (χ0) is 9.97. The van der Waals surface area contributed by atoms with Crippen molar-refractivity contribution in [2.45, 2.75) is 45.1 Å². The molecule has 0 spiro atoms. The lowest BCUT2D eigenvalue weighted by Crippen LogP contribution is -2.18. The van der Waals surface area contributed by atoms with E-state index in [9.17, 15) is 0 Å². The second kappa shape index (κ2) is 4.03. The van der Waals surface area contributed by atoms with Crippen LogP contribution in [0.15, 0.2) is 12.4 Å². The Hall–Kier alpha value is -0.990. The van der Waals surface area contributed by atoms with Crippen LogP contribution in [-0.4, -0.2) is 9.78 Å². The topological polar surface area (TPSA) is 43.8 Å². The molecule has 3 heteroatoms. The molecule has 1 aliphatic carbocycles. The minimum absolute atomic E-state index is 0.593. The van der Waals surface area contributed by atoms with Gasteiger partial charge in [0.1, 0.15) is 0 Å². The van der Waals surface area contributed by atoms with E-state index in [2.05, 4.69) is 12.0 Å². The highest BCUT2D eigenvalue weighted by atomic mass is 15.3. The van der Waals surface area contributed by atoms with Gasteiger partial charge < -0.3 is 5.73 Å². The van der Waals surface area contributed by atoms with Gasteiger partial charge in [0, 0.05) is 6.20 Å². The van der Waals surface area contributed by atoms with Crippen LogP contribution in [-0.2, 0) is 0 Å². The third kappa shape index (κ3) is 1.91. The highest BCUT2D eigenvalue weighted by Gasteiger charge is 2.21. The zero-order valence-corrected chi connectivity index (χ0v) is 8.82. The van der Waals surface area contributed by atoms with Gasteiger partial charge in [-0.3, -0.25) is 4.68 Å². The first-order chi connectivity index (χ1) is 6.79. The van der Waals surface area contributed by atoms with E-state index in [1.165, 1.54) is 32.1 Å². The Morgan fingerprint density at radius 3 is 2.64 bits per heavy atom. The molecule has 2 N–H and O–H groups in total. The second-order valence-corrected chi connectivity index (χ2v) is 4.34. The Morgan fingerprint density at radius 1 is 1.43 bits per heavy atom. The zero-order valence-electron chi connectivity index (χ0n) is 8.82. The van der Waals surface area contributed by atoms with Crippen molar-refractivity contribution in [3.8, 4) is 0 Å². The molecule has 0 saturated heterocycles. The maximum atomic E-state index is 5.66. The normalized spacial score (nSPS) is 27.8. The van der Waals surface area contributed by atoms with E-state index in [-0.39, 0.29) is 0 Å². The molecule has 1 aromatic rings. The van der Waals surface area contributed by atoms with Crippen LogP contribution in [0.3, 0.4) is 0 Å². The number of aromatic nitrogens is 2. The van der Waals surface area contributed by atoms with Crippen molar-refractivity contribution >= 4 is 5.69 Å². The van der Waals surface area contributed by atoms with E-state index in [0.717, 1.165) is 11.6 Å². The Labute approximate surface area is 85.3 Å². The van der Waals surface area contributed by atoms with Crippen LogP contribution in [0.1, 0.15) is 45.1 Å². The monoisotopic (exact) mass is 193 g/mol. The third-order valence-electron chi connectivity index (χ3n) is 3.39. The van der Waals surface area contributed by atoms with Gasteiger partial charge in [-0.25, -0.2) is 0 Å². The van der Waals surface area contributed by atoms with Gasteiger partial charge in [0.15, 0.2) is 0 Å². The summed E-state index contributed by atoms with van der Waals surface area (Å²) in [6.07, 6.45) is 10.2. The first-order valence-electron chi connectivity index (χ1n) is 5.59. The lowest BCUT2D eigenvalue weighted by atomic mass is 9.85. The van der Waals surface area contributed by atoms with Crippen molar-refractivity contribution in [3.05, 3.63) is 12.4 Å². The summed E-state index contributed by atoms with van der Waals surface area (Å²) in [6.45, 7) is 2.29. The molecule has 0 unspecified atom stereocenters. The van der Waals surface area contributed by atoms with Crippen LogP contribution in [0, 0.1) is 5.92 Å². The van der Waals surface area contributed by atoms with Gasteiger partial charge in [-0.15, -0.1) is 0 Å². The van der Waals surface area contributed by atoms with Crippen molar-refractivity contribution in [1.29, 1.82) is 0 Å². The van der Waals surface area contributed by atoms with Crippen molar-refractivity contribution in [2.24, 2.45) is 5.92 Å². The molecule has 1 heterocycles. The van der Waals surface area contributed by atoms with Crippen molar-refractivity contribution < 1.29 is 0 Å². The number of nitrogens with zero attached hydrogens (tertiary/aromatic N) is 2. The van der Waals surface area contributed by atoms with Gasteiger partial charge in [-0.2, -0.15) is 5.10 Å². The summed E-state index contributed by atoms with van der Waals surface area (Å²) in [5, 5.41) is 4.28.